The van der Waals surface area contributed by atoms with E-state index in [2.05, 4.69) is 25.7 Å². The van der Waals surface area contributed by atoms with Crippen molar-refractivity contribution in [1.82, 2.24) is 0 Å². The molecule has 0 nitrogen and oxygen atoms in total. The topological polar surface area (TPSA) is 0 Å². The van der Waals surface area contributed by atoms with Gasteiger partial charge in [0.1, 0.15) is 0 Å². The lowest BCUT2D eigenvalue weighted by atomic mass is 10.1. The van der Waals surface area contributed by atoms with E-state index in [-0.39, 0.29) is 0 Å². The number of hydrogen-bond donors (Lipinski definition) is 0. The van der Waals surface area contributed by atoms with Crippen LogP contribution in [0.3, 0.4) is 0 Å². The van der Waals surface area contributed by atoms with Crippen molar-refractivity contribution >= 4 is 12.7 Å². The Morgan fingerprint density at radius 3 is 2.29 bits per heavy atom. The highest BCUT2D eigenvalue weighted by Crippen LogP contribution is 2.72. The smallest absolute Gasteiger partial charge is 0.00145 e. The number of unbranched alkanes of at least 4 members (excludes halogenated alkanes) is 7. The van der Waals surface area contributed by atoms with Gasteiger partial charge in [0.15, 0.2) is 0 Å². The van der Waals surface area contributed by atoms with E-state index in [0.29, 0.717) is 0 Å². The van der Waals surface area contributed by atoms with Crippen LogP contribution < -0.4 is 0 Å². The summed E-state index contributed by atoms with van der Waals surface area (Å²) in [5.74, 6) is 2.67. The van der Waals surface area contributed by atoms with Crippen LogP contribution in [0.2, 0.25) is 0 Å². The van der Waals surface area contributed by atoms with Gasteiger partial charge in [-0.25, -0.2) is 0 Å². The van der Waals surface area contributed by atoms with E-state index in [9.17, 15) is 0 Å². The zero-order chi connectivity index (χ0) is 12.1. The maximum atomic E-state index is 2.67. The van der Waals surface area contributed by atoms with E-state index < -0.39 is 6.89 Å². The Labute approximate surface area is 108 Å². The van der Waals surface area contributed by atoms with E-state index in [0.717, 1.165) is 5.66 Å². The molecule has 2 heterocycles. The van der Waals surface area contributed by atoms with Crippen LogP contribution in [0.25, 0.3) is 0 Å². The normalized spacial score (nSPS) is 29.8. The van der Waals surface area contributed by atoms with Gasteiger partial charge in [-0.05, 0) is 25.7 Å². The highest BCUT2D eigenvalue weighted by Gasteiger charge is 2.44. The molecule has 0 spiro atoms. The Kier molecular flexibility index (Phi) is 4.97. The van der Waals surface area contributed by atoms with Crippen molar-refractivity contribution in [2.75, 3.05) is 12.3 Å². The third-order valence-corrected chi connectivity index (χ3v) is 8.73. The summed E-state index contributed by atoms with van der Waals surface area (Å²) in [7, 11) is 0. The minimum atomic E-state index is -0.493. The molecule has 2 aliphatic heterocycles. The molecule has 0 N–H and O–H groups in total. The van der Waals surface area contributed by atoms with Crippen LogP contribution in [-0.2, 0) is 0 Å². The Balaban J connectivity index is 1.47. The van der Waals surface area contributed by atoms with Gasteiger partial charge in [-0.3, -0.25) is 0 Å². The van der Waals surface area contributed by atoms with E-state index in [4.69, 9.17) is 0 Å². The molecule has 0 aromatic rings. The molecule has 0 aromatic carbocycles. The van der Waals surface area contributed by atoms with Crippen LogP contribution in [0.5, 0.6) is 0 Å². The van der Waals surface area contributed by atoms with Gasteiger partial charge in [-0.15, -0.1) is 0 Å². The van der Waals surface area contributed by atoms with Gasteiger partial charge in [-0.2, -0.15) is 0 Å². The zero-order valence-electron chi connectivity index (χ0n) is 11.8. The van der Waals surface area contributed by atoms with Gasteiger partial charge in [0.25, 0.3) is 0 Å². The lowest BCUT2D eigenvalue weighted by Gasteiger charge is -2.05. The molecule has 17 heavy (non-hydrogen) atoms. The lowest BCUT2D eigenvalue weighted by Crippen LogP contribution is -1.85. The largest absolute Gasteiger partial charge is 0.0967 e. The molecule has 0 saturated carbocycles. The average molecular weight is 252 g/mol. The first-order valence-corrected chi connectivity index (χ1v) is 9.97. The number of hydrogen-bond acceptors (Lipinski definition) is 0. The quantitative estimate of drug-likeness (QED) is 0.386. The molecule has 2 atom stereocenters. The Morgan fingerprint density at radius 1 is 1.06 bits per heavy atom. The summed E-state index contributed by atoms with van der Waals surface area (Å²) in [6.07, 6.45) is 17.4. The summed E-state index contributed by atoms with van der Waals surface area (Å²) in [5, 5.41) is 0. The summed E-state index contributed by atoms with van der Waals surface area (Å²) in [6, 6.07) is 0. The van der Waals surface area contributed by atoms with Gasteiger partial charge in [-0.1, -0.05) is 76.2 Å². The van der Waals surface area contributed by atoms with Crippen LogP contribution in [0, 0.1) is 0 Å². The molecule has 0 aromatic heterocycles. The molecular formula is C16H29P. The first-order chi connectivity index (χ1) is 8.27. The second-order valence-electron chi connectivity index (χ2n) is 6.09. The summed E-state index contributed by atoms with van der Waals surface area (Å²) >= 11 is 0. The van der Waals surface area contributed by atoms with Gasteiger partial charge in [0.2, 0.25) is 0 Å². The van der Waals surface area contributed by atoms with E-state index >= 15 is 0 Å². The van der Waals surface area contributed by atoms with Crippen LogP contribution in [0.1, 0.15) is 65.2 Å². The second-order valence-corrected chi connectivity index (χ2v) is 10.0. The SMILES string of the molecule is CCCCCCCCCCP12=CC(C)=CC1C2. The van der Waals surface area contributed by atoms with Crippen molar-refractivity contribution in [3.63, 3.8) is 0 Å². The predicted octanol–water partition coefficient (Wildman–Crippen LogP) is 5.29. The highest BCUT2D eigenvalue weighted by molar-refractivity contribution is 7.83. The van der Waals surface area contributed by atoms with Gasteiger partial charge in [0, 0.05) is 5.66 Å². The van der Waals surface area contributed by atoms with Gasteiger partial charge < -0.3 is 0 Å². The molecule has 98 valence electrons. The van der Waals surface area contributed by atoms with E-state index in [1.165, 1.54) is 51.4 Å². The zero-order valence-corrected chi connectivity index (χ0v) is 12.6. The third-order valence-electron chi connectivity index (χ3n) is 4.40. The third kappa shape index (κ3) is 3.75. The fourth-order valence-electron chi connectivity index (χ4n) is 3.26. The van der Waals surface area contributed by atoms with E-state index in [1.54, 1.807) is 17.9 Å². The molecule has 1 heteroatoms. The lowest BCUT2D eigenvalue weighted by molar-refractivity contribution is 0.586. The van der Waals surface area contributed by atoms with Crippen molar-refractivity contribution in [2.24, 2.45) is 0 Å². The van der Waals surface area contributed by atoms with Crippen molar-refractivity contribution in [1.29, 1.82) is 0 Å². The van der Waals surface area contributed by atoms with Crippen molar-refractivity contribution in [3.8, 4) is 0 Å². The standard InChI is InChI=1S/C16H29P/c1-3-4-5-6-7-8-9-10-11-17-13-15(2)12-16(17)14-17/h12-13,16H,3-11,14H2,1-2H3. The number of allylic oxidation sites excluding steroid dienone is 2. The monoisotopic (exact) mass is 252 g/mol. The van der Waals surface area contributed by atoms with Crippen molar-refractivity contribution in [2.45, 2.75) is 70.9 Å². The van der Waals surface area contributed by atoms with Crippen molar-refractivity contribution < 1.29 is 0 Å². The van der Waals surface area contributed by atoms with Crippen molar-refractivity contribution in [3.05, 3.63) is 11.6 Å². The summed E-state index contributed by atoms with van der Waals surface area (Å²) in [5.41, 5.74) is 2.64. The van der Waals surface area contributed by atoms with Gasteiger partial charge >= 0.3 is 0 Å². The van der Waals surface area contributed by atoms with Gasteiger partial charge in [0.05, 0.1) is 0 Å². The number of rotatable bonds is 9. The first kappa shape index (κ1) is 13.5. The predicted molar refractivity (Wildman–Crippen MR) is 82.9 cm³/mol. The van der Waals surface area contributed by atoms with Crippen LogP contribution in [0.4, 0.5) is 0 Å². The molecule has 1 saturated heterocycles. The van der Waals surface area contributed by atoms with Crippen LogP contribution in [0.15, 0.2) is 11.6 Å². The Morgan fingerprint density at radius 2 is 1.71 bits per heavy atom. The maximum absolute atomic E-state index is 2.67. The molecule has 0 radical (unpaired) electrons. The molecule has 1 fully saturated rings. The van der Waals surface area contributed by atoms with Crippen LogP contribution >= 0.6 is 6.89 Å². The highest BCUT2D eigenvalue weighted by atomic mass is 31.2. The van der Waals surface area contributed by atoms with E-state index in [1.807, 2.05) is 0 Å². The minimum Gasteiger partial charge on any atom is -0.0967 e. The molecule has 0 amide bonds. The first-order valence-electron chi connectivity index (χ1n) is 7.67. The average Bonchev–Trinajstić information content (AvgIpc) is 2.85. The summed E-state index contributed by atoms with van der Waals surface area (Å²) in [6.45, 7) is 4.09. The fraction of sp³-hybridized carbons (Fsp3) is 0.812. The Bertz CT molecular complexity index is 324. The molecule has 2 rings (SSSR count). The number of fused-ring (bicyclic) bond motifs is 1. The molecular weight excluding hydrogens is 223 g/mol. The summed E-state index contributed by atoms with van der Waals surface area (Å²) < 4.78 is 0. The summed E-state index contributed by atoms with van der Waals surface area (Å²) in [4.78, 5) is 0. The second kappa shape index (κ2) is 6.28. The molecule has 0 bridgehead atoms. The van der Waals surface area contributed by atoms with Crippen LogP contribution in [-0.4, -0.2) is 23.8 Å². The molecule has 2 aliphatic rings. The maximum Gasteiger partial charge on any atom is 0.00145 e. The fourth-order valence-corrected chi connectivity index (χ4v) is 7.78. The Hall–Kier alpha value is 0.0400. The minimum absolute atomic E-state index is 0.493. The molecule has 2 unspecified atom stereocenters. The molecule has 0 aliphatic carbocycles.